The van der Waals surface area contributed by atoms with Crippen LogP contribution in [0.4, 0.5) is 0 Å². The van der Waals surface area contributed by atoms with E-state index < -0.39 is 0 Å². The minimum atomic E-state index is 0.185. The highest BCUT2D eigenvalue weighted by Gasteiger charge is 2.15. The summed E-state index contributed by atoms with van der Waals surface area (Å²) in [4.78, 5) is 4.23. The molecule has 0 amide bonds. The maximum Gasteiger partial charge on any atom is 0.231 e. The molecule has 2 heterocycles. The van der Waals surface area contributed by atoms with Gasteiger partial charge in [0.1, 0.15) is 11.3 Å². The summed E-state index contributed by atoms with van der Waals surface area (Å²) in [5.74, 6) is 1.69. The number of fused-ring (bicyclic) bond motifs is 2. The van der Waals surface area contributed by atoms with Gasteiger partial charge in [-0.1, -0.05) is 12.1 Å². The lowest BCUT2D eigenvalue weighted by atomic mass is 10.00. The maximum atomic E-state index is 9.89. The molecule has 0 fully saturated rings. The van der Waals surface area contributed by atoms with Crippen molar-refractivity contribution in [2.75, 3.05) is 6.79 Å². The average Bonchev–Trinajstić information content (AvgIpc) is 2.95. The highest BCUT2D eigenvalue weighted by molar-refractivity contribution is 5.97. The van der Waals surface area contributed by atoms with E-state index in [1.807, 2.05) is 36.4 Å². The number of hydrogen-bond acceptors (Lipinski definition) is 4. The van der Waals surface area contributed by atoms with Crippen LogP contribution < -0.4 is 9.47 Å². The molecule has 98 valence electrons. The number of benzene rings is 2. The van der Waals surface area contributed by atoms with Gasteiger partial charge in [-0.2, -0.15) is 0 Å². The summed E-state index contributed by atoms with van der Waals surface area (Å²) in [6, 6.07) is 13.2. The largest absolute Gasteiger partial charge is 0.506 e. The Morgan fingerprint density at radius 3 is 2.85 bits per heavy atom. The van der Waals surface area contributed by atoms with Gasteiger partial charge in [0.15, 0.2) is 11.5 Å². The van der Waals surface area contributed by atoms with E-state index >= 15 is 0 Å². The zero-order chi connectivity index (χ0) is 13.5. The van der Waals surface area contributed by atoms with Crippen LogP contribution >= 0.6 is 0 Å². The van der Waals surface area contributed by atoms with Crippen LogP contribution in [0.3, 0.4) is 0 Å². The number of aromatic nitrogens is 1. The van der Waals surface area contributed by atoms with Crippen LogP contribution in [0, 0.1) is 0 Å². The topological polar surface area (TPSA) is 51.6 Å². The standard InChI is InChI=1S/C16H11NO3/c18-13-5-4-11(12-2-1-7-17-16(12)13)10-3-6-14-15(8-10)20-9-19-14/h1-8,18H,9H2. The number of rotatable bonds is 1. The minimum Gasteiger partial charge on any atom is -0.506 e. The fraction of sp³-hybridized carbons (Fsp3) is 0.0625. The molecule has 1 N–H and O–H groups in total. The monoisotopic (exact) mass is 265 g/mol. The van der Waals surface area contributed by atoms with Crippen molar-refractivity contribution in [3.63, 3.8) is 0 Å². The fourth-order valence-corrected chi connectivity index (χ4v) is 2.47. The third-order valence-corrected chi connectivity index (χ3v) is 3.43. The number of phenols is 1. The van der Waals surface area contributed by atoms with Crippen molar-refractivity contribution >= 4 is 10.9 Å². The Hall–Kier alpha value is -2.75. The molecule has 4 nitrogen and oxygen atoms in total. The summed E-state index contributed by atoms with van der Waals surface area (Å²) in [5, 5.41) is 10.8. The van der Waals surface area contributed by atoms with E-state index in [0.717, 1.165) is 28.0 Å². The van der Waals surface area contributed by atoms with E-state index in [-0.39, 0.29) is 12.5 Å². The molecule has 0 aliphatic carbocycles. The minimum absolute atomic E-state index is 0.185. The summed E-state index contributed by atoms with van der Waals surface area (Å²) in [7, 11) is 0. The molecule has 1 aliphatic heterocycles. The van der Waals surface area contributed by atoms with Gasteiger partial charge in [0, 0.05) is 11.6 Å². The van der Waals surface area contributed by atoms with Crippen LogP contribution in [0.5, 0.6) is 17.2 Å². The predicted octanol–water partition coefficient (Wildman–Crippen LogP) is 3.34. The van der Waals surface area contributed by atoms with Crippen molar-refractivity contribution in [3.8, 4) is 28.4 Å². The van der Waals surface area contributed by atoms with Gasteiger partial charge < -0.3 is 14.6 Å². The van der Waals surface area contributed by atoms with Crippen molar-refractivity contribution < 1.29 is 14.6 Å². The van der Waals surface area contributed by atoms with Crippen LogP contribution in [-0.4, -0.2) is 16.9 Å². The van der Waals surface area contributed by atoms with Gasteiger partial charge in [0.25, 0.3) is 0 Å². The lowest BCUT2D eigenvalue weighted by molar-refractivity contribution is 0.174. The fourth-order valence-electron chi connectivity index (χ4n) is 2.47. The van der Waals surface area contributed by atoms with Gasteiger partial charge >= 0.3 is 0 Å². The van der Waals surface area contributed by atoms with Crippen molar-refractivity contribution in [2.24, 2.45) is 0 Å². The quantitative estimate of drug-likeness (QED) is 0.733. The normalized spacial score (nSPS) is 12.8. The van der Waals surface area contributed by atoms with Crippen LogP contribution in [0.25, 0.3) is 22.0 Å². The molecule has 3 aromatic rings. The van der Waals surface area contributed by atoms with Crippen molar-refractivity contribution in [1.82, 2.24) is 4.98 Å². The second-order valence-electron chi connectivity index (χ2n) is 4.60. The Bertz CT molecular complexity index is 814. The molecule has 4 heteroatoms. The average molecular weight is 265 g/mol. The second-order valence-corrected chi connectivity index (χ2v) is 4.60. The summed E-state index contributed by atoms with van der Waals surface area (Å²) in [5.41, 5.74) is 2.61. The maximum absolute atomic E-state index is 9.89. The second kappa shape index (κ2) is 4.13. The Balaban J connectivity index is 1.97. The molecular weight excluding hydrogens is 254 g/mol. The Labute approximate surface area is 115 Å². The molecule has 4 rings (SSSR count). The van der Waals surface area contributed by atoms with Gasteiger partial charge in [-0.25, -0.2) is 0 Å². The highest BCUT2D eigenvalue weighted by atomic mass is 16.7. The van der Waals surface area contributed by atoms with Crippen LogP contribution in [0.1, 0.15) is 0 Å². The molecule has 20 heavy (non-hydrogen) atoms. The van der Waals surface area contributed by atoms with Gasteiger partial charge in [-0.15, -0.1) is 0 Å². The number of ether oxygens (including phenoxy) is 2. The van der Waals surface area contributed by atoms with Crippen molar-refractivity contribution in [3.05, 3.63) is 48.7 Å². The molecule has 1 aromatic heterocycles. The SMILES string of the molecule is Oc1ccc(-c2ccc3c(c2)OCO3)c2cccnc12. The highest BCUT2D eigenvalue weighted by Crippen LogP contribution is 2.38. The summed E-state index contributed by atoms with van der Waals surface area (Å²) < 4.78 is 10.7. The Morgan fingerprint density at radius 2 is 1.90 bits per heavy atom. The number of aromatic hydroxyl groups is 1. The first-order valence-electron chi connectivity index (χ1n) is 6.30. The smallest absolute Gasteiger partial charge is 0.231 e. The number of nitrogens with zero attached hydrogens (tertiary/aromatic N) is 1. The lowest BCUT2D eigenvalue weighted by Gasteiger charge is -2.08. The first kappa shape index (κ1) is 11.1. The Kier molecular flexibility index (Phi) is 2.29. The molecular formula is C16H11NO3. The van der Waals surface area contributed by atoms with Crippen LogP contribution in [-0.2, 0) is 0 Å². The number of phenolic OH excluding ortho intramolecular Hbond substituents is 1. The molecule has 1 aliphatic rings. The van der Waals surface area contributed by atoms with Crippen molar-refractivity contribution in [2.45, 2.75) is 0 Å². The predicted molar refractivity (Wildman–Crippen MR) is 75.0 cm³/mol. The van der Waals surface area contributed by atoms with E-state index in [4.69, 9.17) is 9.47 Å². The van der Waals surface area contributed by atoms with Crippen molar-refractivity contribution in [1.29, 1.82) is 0 Å². The first-order chi connectivity index (χ1) is 9.83. The molecule has 0 atom stereocenters. The zero-order valence-electron chi connectivity index (χ0n) is 10.5. The molecule has 0 radical (unpaired) electrons. The van der Waals surface area contributed by atoms with E-state index in [9.17, 15) is 5.11 Å². The van der Waals surface area contributed by atoms with E-state index in [2.05, 4.69) is 4.98 Å². The summed E-state index contributed by atoms with van der Waals surface area (Å²) in [6.45, 7) is 0.261. The molecule has 2 aromatic carbocycles. The van der Waals surface area contributed by atoms with Gasteiger partial charge in [0.05, 0.1) is 0 Å². The molecule has 0 saturated heterocycles. The number of pyridine rings is 1. The Morgan fingerprint density at radius 1 is 1.00 bits per heavy atom. The van der Waals surface area contributed by atoms with E-state index in [1.165, 1.54) is 0 Å². The van der Waals surface area contributed by atoms with E-state index in [1.54, 1.807) is 12.3 Å². The zero-order valence-corrected chi connectivity index (χ0v) is 10.5. The van der Waals surface area contributed by atoms with Crippen LogP contribution in [0.2, 0.25) is 0 Å². The third kappa shape index (κ3) is 1.58. The molecule has 0 unspecified atom stereocenters. The first-order valence-corrected chi connectivity index (χ1v) is 6.30. The molecule has 0 bridgehead atoms. The van der Waals surface area contributed by atoms with E-state index in [0.29, 0.717) is 5.52 Å². The summed E-state index contributed by atoms with van der Waals surface area (Å²) in [6.07, 6.45) is 1.67. The summed E-state index contributed by atoms with van der Waals surface area (Å²) >= 11 is 0. The van der Waals surface area contributed by atoms with Gasteiger partial charge in [-0.3, -0.25) is 4.98 Å². The molecule has 0 saturated carbocycles. The van der Waals surface area contributed by atoms with Gasteiger partial charge in [0.2, 0.25) is 6.79 Å². The third-order valence-electron chi connectivity index (χ3n) is 3.43. The van der Waals surface area contributed by atoms with Crippen LogP contribution in [0.15, 0.2) is 48.7 Å². The van der Waals surface area contributed by atoms with Gasteiger partial charge in [-0.05, 0) is 41.5 Å². The molecule has 0 spiro atoms. The number of hydrogen-bond donors (Lipinski definition) is 1. The lowest BCUT2D eigenvalue weighted by Crippen LogP contribution is -1.92.